The van der Waals surface area contributed by atoms with E-state index in [1.165, 1.54) is 7.11 Å². The van der Waals surface area contributed by atoms with E-state index in [9.17, 15) is 9.59 Å². The molecule has 1 heterocycles. The van der Waals surface area contributed by atoms with Gasteiger partial charge in [-0.15, -0.1) is 0 Å². The standard InChI is InChI=1S/C25H28N2O4S/c1-30-24(28)15-21-14-22(27(25(21)29)12-3-13-32-2)17-31-23-10-8-20(9-11-23)19-6-4-18(16-26)5-7-19/h4-11,21-22H,3,12-15,17H2,1-2H3/t21-,22-/m0/s1. The number of methoxy groups -OCH3 is 1. The molecule has 0 unspecified atom stereocenters. The summed E-state index contributed by atoms with van der Waals surface area (Å²) in [6.07, 6.45) is 3.67. The Bertz CT molecular complexity index is 953. The molecule has 0 aliphatic carbocycles. The summed E-state index contributed by atoms with van der Waals surface area (Å²) in [4.78, 5) is 26.4. The summed E-state index contributed by atoms with van der Waals surface area (Å²) < 4.78 is 10.8. The van der Waals surface area contributed by atoms with E-state index < -0.39 is 0 Å². The van der Waals surface area contributed by atoms with E-state index in [0.717, 1.165) is 29.1 Å². The lowest BCUT2D eigenvalue weighted by Crippen LogP contribution is -2.38. The molecule has 1 saturated heterocycles. The number of nitrogens with zero attached hydrogens (tertiary/aromatic N) is 2. The van der Waals surface area contributed by atoms with Crippen molar-refractivity contribution in [2.45, 2.75) is 25.3 Å². The normalized spacial score (nSPS) is 17.8. The second-order valence-electron chi connectivity index (χ2n) is 7.77. The third-order valence-electron chi connectivity index (χ3n) is 5.66. The lowest BCUT2D eigenvalue weighted by molar-refractivity contribution is -0.144. The second kappa shape index (κ2) is 11.6. The van der Waals surface area contributed by atoms with E-state index in [0.29, 0.717) is 25.1 Å². The quantitative estimate of drug-likeness (QED) is 0.398. The number of ether oxygens (including phenoxy) is 2. The molecule has 0 aromatic heterocycles. The van der Waals surface area contributed by atoms with Crippen LogP contribution < -0.4 is 4.74 Å². The zero-order valence-corrected chi connectivity index (χ0v) is 19.3. The minimum absolute atomic E-state index is 0.0151. The monoisotopic (exact) mass is 452 g/mol. The van der Waals surface area contributed by atoms with Crippen molar-refractivity contribution in [1.82, 2.24) is 4.90 Å². The second-order valence-corrected chi connectivity index (χ2v) is 8.75. The summed E-state index contributed by atoms with van der Waals surface area (Å²) in [5.74, 6) is 1.03. The van der Waals surface area contributed by atoms with Crippen LogP contribution in [0.4, 0.5) is 0 Å². The zero-order valence-electron chi connectivity index (χ0n) is 18.5. The predicted octanol–water partition coefficient (Wildman–Crippen LogP) is 4.14. The van der Waals surface area contributed by atoms with Crippen molar-refractivity contribution < 1.29 is 19.1 Å². The van der Waals surface area contributed by atoms with Crippen LogP contribution in [-0.2, 0) is 14.3 Å². The van der Waals surface area contributed by atoms with Gasteiger partial charge in [-0.2, -0.15) is 17.0 Å². The minimum atomic E-state index is -0.354. The lowest BCUT2D eigenvalue weighted by Gasteiger charge is -2.25. The van der Waals surface area contributed by atoms with Gasteiger partial charge >= 0.3 is 5.97 Å². The van der Waals surface area contributed by atoms with Gasteiger partial charge in [0.2, 0.25) is 5.91 Å². The summed E-state index contributed by atoms with van der Waals surface area (Å²) in [6, 6.07) is 17.3. The highest BCUT2D eigenvalue weighted by Crippen LogP contribution is 2.29. The Morgan fingerprint density at radius 2 is 1.81 bits per heavy atom. The van der Waals surface area contributed by atoms with E-state index in [4.69, 9.17) is 14.7 Å². The molecule has 1 aliphatic heterocycles. The first kappa shape index (κ1) is 23.7. The largest absolute Gasteiger partial charge is 0.491 e. The summed E-state index contributed by atoms with van der Waals surface area (Å²) in [5, 5.41) is 8.94. The maximum Gasteiger partial charge on any atom is 0.306 e. The van der Waals surface area contributed by atoms with Crippen molar-refractivity contribution in [3.05, 3.63) is 54.1 Å². The topological polar surface area (TPSA) is 79.6 Å². The van der Waals surface area contributed by atoms with Crippen molar-refractivity contribution in [2.75, 3.05) is 32.3 Å². The van der Waals surface area contributed by atoms with E-state index in [1.54, 1.807) is 23.9 Å². The van der Waals surface area contributed by atoms with Crippen molar-refractivity contribution in [3.63, 3.8) is 0 Å². The fourth-order valence-corrected chi connectivity index (χ4v) is 4.35. The van der Waals surface area contributed by atoms with Crippen molar-refractivity contribution in [2.24, 2.45) is 5.92 Å². The van der Waals surface area contributed by atoms with Crippen molar-refractivity contribution >= 4 is 23.6 Å². The molecule has 0 radical (unpaired) electrons. The first-order valence-electron chi connectivity index (χ1n) is 10.6. The number of esters is 1. The molecule has 0 N–H and O–H groups in total. The van der Waals surface area contributed by atoms with Crippen LogP contribution in [-0.4, -0.2) is 55.1 Å². The highest BCUT2D eigenvalue weighted by atomic mass is 32.2. The van der Waals surface area contributed by atoms with Crippen LogP contribution in [0.1, 0.15) is 24.8 Å². The van der Waals surface area contributed by atoms with Gasteiger partial charge in [0.1, 0.15) is 12.4 Å². The number of hydrogen-bond donors (Lipinski definition) is 0. The smallest absolute Gasteiger partial charge is 0.306 e. The van der Waals surface area contributed by atoms with Crippen LogP contribution in [0.25, 0.3) is 11.1 Å². The Balaban J connectivity index is 1.62. The summed E-state index contributed by atoms with van der Waals surface area (Å²) in [6.45, 7) is 1.06. The fourth-order valence-electron chi connectivity index (χ4n) is 3.93. The molecule has 1 amide bonds. The number of carbonyl (C=O) groups is 2. The number of amides is 1. The maximum atomic E-state index is 12.9. The number of likely N-dealkylation sites (tertiary alicyclic amines) is 1. The van der Waals surface area contributed by atoms with Gasteiger partial charge in [0.25, 0.3) is 0 Å². The Kier molecular flexibility index (Phi) is 8.57. The molecule has 0 bridgehead atoms. The van der Waals surface area contributed by atoms with E-state index in [-0.39, 0.29) is 30.3 Å². The van der Waals surface area contributed by atoms with Crippen LogP contribution in [0.5, 0.6) is 5.75 Å². The maximum absolute atomic E-state index is 12.9. The van der Waals surface area contributed by atoms with Crippen LogP contribution in [0.2, 0.25) is 0 Å². The predicted molar refractivity (Wildman–Crippen MR) is 125 cm³/mol. The minimum Gasteiger partial charge on any atom is -0.491 e. The Morgan fingerprint density at radius 3 is 2.41 bits per heavy atom. The molecule has 0 spiro atoms. The van der Waals surface area contributed by atoms with E-state index >= 15 is 0 Å². The molecule has 0 saturated carbocycles. The van der Waals surface area contributed by atoms with Gasteiger partial charge in [0.05, 0.1) is 37.1 Å². The van der Waals surface area contributed by atoms with Gasteiger partial charge in [0.15, 0.2) is 0 Å². The average molecular weight is 453 g/mol. The number of thioether (sulfide) groups is 1. The first-order chi connectivity index (χ1) is 15.5. The number of nitriles is 1. The number of rotatable bonds is 10. The molecule has 6 nitrogen and oxygen atoms in total. The third-order valence-corrected chi connectivity index (χ3v) is 6.36. The van der Waals surface area contributed by atoms with Gasteiger partial charge < -0.3 is 14.4 Å². The van der Waals surface area contributed by atoms with Gasteiger partial charge in [-0.1, -0.05) is 24.3 Å². The van der Waals surface area contributed by atoms with Gasteiger partial charge in [-0.05, 0) is 60.2 Å². The van der Waals surface area contributed by atoms with Gasteiger partial charge in [0, 0.05) is 6.54 Å². The zero-order chi connectivity index (χ0) is 22.9. The van der Waals surface area contributed by atoms with Crippen LogP contribution in [0.3, 0.4) is 0 Å². The molecule has 7 heteroatoms. The van der Waals surface area contributed by atoms with Gasteiger partial charge in [-0.3, -0.25) is 9.59 Å². The average Bonchev–Trinajstić information content (AvgIpc) is 3.12. The van der Waals surface area contributed by atoms with E-state index in [1.807, 2.05) is 47.6 Å². The van der Waals surface area contributed by atoms with Crippen LogP contribution in [0, 0.1) is 17.2 Å². The molecule has 2 aromatic rings. The highest BCUT2D eigenvalue weighted by Gasteiger charge is 2.40. The molecule has 32 heavy (non-hydrogen) atoms. The highest BCUT2D eigenvalue weighted by molar-refractivity contribution is 7.98. The molecule has 1 aliphatic rings. The van der Waals surface area contributed by atoms with Crippen LogP contribution in [0.15, 0.2) is 48.5 Å². The van der Waals surface area contributed by atoms with Crippen molar-refractivity contribution in [3.8, 4) is 22.9 Å². The number of carbonyl (C=O) groups excluding carboxylic acids is 2. The Morgan fingerprint density at radius 1 is 1.16 bits per heavy atom. The Hall–Kier alpha value is -2.98. The molecule has 168 valence electrons. The van der Waals surface area contributed by atoms with E-state index in [2.05, 4.69) is 6.07 Å². The third kappa shape index (κ3) is 6.04. The fraction of sp³-hybridized carbons (Fsp3) is 0.400. The first-order valence-corrected chi connectivity index (χ1v) is 12.0. The number of benzene rings is 2. The molecular formula is C25H28N2O4S. The summed E-state index contributed by atoms with van der Waals surface area (Å²) in [5.41, 5.74) is 2.70. The molecule has 2 aromatic carbocycles. The summed E-state index contributed by atoms with van der Waals surface area (Å²) >= 11 is 1.76. The molecule has 2 atom stereocenters. The van der Waals surface area contributed by atoms with Gasteiger partial charge in [-0.25, -0.2) is 0 Å². The number of hydrogen-bond acceptors (Lipinski definition) is 6. The summed E-state index contributed by atoms with van der Waals surface area (Å²) in [7, 11) is 1.35. The SMILES string of the molecule is COC(=O)C[C@@H]1C[C@@H](COc2ccc(-c3ccc(C#N)cc3)cc2)N(CCCSC)C1=O. The van der Waals surface area contributed by atoms with Crippen LogP contribution >= 0.6 is 11.8 Å². The molecular weight excluding hydrogens is 424 g/mol. The Labute approximate surface area is 193 Å². The molecule has 1 fully saturated rings. The molecule has 3 rings (SSSR count). The lowest BCUT2D eigenvalue weighted by atomic mass is 10.0. The van der Waals surface area contributed by atoms with Crippen molar-refractivity contribution in [1.29, 1.82) is 5.26 Å².